The molecular formula is C16H15Br2NO2. The van der Waals surface area contributed by atoms with E-state index < -0.39 is 0 Å². The Morgan fingerprint density at radius 3 is 2.90 bits per heavy atom. The molecule has 0 saturated carbocycles. The molecule has 0 aromatic heterocycles. The van der Waals surface area contributed by atoms with E-state index in [1.165, 1.54) is 11.1 Å². The van der Waals surface area contributed by atoms with Crippen LogP contribution in [0.1, 0.15) is 11.1 Å². The fourth-order valence-corrected chi connectivity index (χ4v) is 3.41. The molecule has 110 valence electrons. The molecule has 0 amide bonds. The smallest absolute Gasteiger partial charge is 0.135 e. The second kappa shape index (κ2) is 6.28. The summed E-state index contributed by atoms with van der Waals surface area (Å²) in [4.78, 5) is 0. The van der Waals surface area contributed by atoms with Gasteiger partial charge >= 0.3 is 0 Å². The highest BCUT2D eigenvalue weighted by Gasteiger charge is 2.17. The third-order valence-electron chi connectivity index (χ3n) is 3.46. The number of fused-ring (bicyclic) bond motifs is 1. The second-order valence-corrected chi connectivity index (χ2v) is 6.62. The zero-order valence-corrected chi connectivity index (χ0v) is 14.8. The van der Waals surface area contributed by atoms with E-state index in [0.717, 1.165) is 39.2 Å². The van der Waals surface area contributed by atoms with Gasteiger partial charge in [-0.1, -0.05) is 15.9 Å². The van der Waals surface area contributed by atoms with Crippen LogP contribution in [0.5, 0.6) is 11.5 Å². The first kappa shape index (κ1) is 14.7. The van der Waals surface area contributed by atoms with Crippen LogP contribution < -0.4 is 14.8 Å². The molecule has 3 nitrogen and oxygen atoms in total. The fraction of sp³-hybridized carbons (Fsp3) is 0.250. The first-order chi connectivity index (χ1) is 10.2. The fourth-order valence-electron chi connectivity index (χ4n) is 2.44. The van der Waals surface area contributed by atoms with Crippen molar-refractivity contribution >= 4 is 37.5 Å². The van der Waals surface area contributed by atoms with Crippen molar-refractivity contribution in [3.05, 3.63) is 50.4 Å². The molecule has 0 radical (unpaired) electrons. The summed E-state index contributed by atoms with van der Waals surface area (Å²) in [7, 11) is 1.67. The molecule has 0 aliphatic carbocycles. The van der Waals surface area contributed by atoms with Crippen LogP contribution in [0, 0.1) is 0 Å². The lowest BCUT2D eigenvalue weighted by Crippen LogP contribution is -2.02. The molecular weight excluding hydrogens is 398 g/mol. The van der Waals surface area contributed by atoms with Gasteiger partial charge in [0.1, 0.15) is 11.5 Å². The molecule has 1 N–H and O–H groups in total. The van der Waals surface area contributed by atoms with Gasteiger partial charge in [0.05, 0.1) is 18.2 Å². The minimum Gasteiger partial charge on any atom is -0.495 e. The monoisotopic (exact) mass is 411 g/mol. The second-order valence-electron chi connectivity index (χ2n) is 4.85. The molecule has 0 unspecified atom stereocenters. The summed E-state index contributed by atoms with van der Waals surface area (Å²) in [6, 6.07) is 10.2. The normalized spacial score (nSPS) is 12.7. The SMILES string of the molecule is COc1cc(NCc2cc(Br)cc3c2OCC3)ccc1Br. The molecule has 1 aliphatic heterocycles. The van der Waals surface area contributed by atoms with Crippen LogP contribution in [-0.4, -0.2) is 13.7 Å². The van der Waals surface area contributed by atoms with Gasteiger partial charge in [0.2, 0.25) is 0 Å². The summed E-state index contributed by atoms with van der Waals surface area (Å²) >= 11 is 7.02. The highest BCUT2D eigenvalue weighted by molar-refractivity contribution is 9.10. The average molecular weight is 413 g/mol. The van der Waals surface area contributed by atoms with Crippen LogP contribution in [0.25, 0.3) is 0 Å². The number of halogens is 2. The van der Waals surface area contributed by atoms with E-state index in [2.05, 4.69) is 49.3 Å². The van der Waals surface area contributed by atoms with Gasteiger partial charge in [-0.2, -0.15) is 0 Å². The van der Waals surface area contributed by atoms with Crippen molar-refractivity contribution in [3.8, 4) is 11.5 Å². The molecule has 0 saturated heterocycles. The summed E-state index contributed by atoms with van der Waals surface area (Å²) in [5.41, 5.74) is 3.45. The topological polar surface area (TPSA) is 30.5 Å². The van der Waals surface area contributed by atoms with Crippen LogP contribution in [0.15, 0.2) is 39.3 Å². The molecule has 1 heterocycles. The number of benzene rings is 2. The van der Waals surface area contributed by atoms with Crippen LogP contribution in [-0.2, 0) is 13.0 Å². The molecule has 2 aromatic rings. The Hall–Kier alpha value is -1.20. The van der Waals surface area contributed by atoms with E-state index in [0.29, 0.717) is 6.54 Å². The van der Waals surface area contributed by atoms with Crippen molar-refractivity contribution in [2.24, 2.45) is 0 Å². The number of hydrogen-bond acceptors (Lipinski definition) is 3. The molecule has 1 aliphatic rings. The summed E-state index contributed by atoms with van der Waals surface area (Å²) in [5.74, 6) is 1.84. The maximum Gasteiger partial charge on any atom is 0.135 e. The van der Waals surface area contributed by atoms with Gasteiger partial charge in [-0.3, -0.25) is 0 Å². The zero-order chi connectivity index (χ0) is 14.8. The Morgan fingerprint density at radius 2 is 2.10 bits per heavy atom. The predicted molar refractivity (Wildman–Crippen MR) is 91.4 cm³/mol. The van der Waals surface area contributed by atoms with Gasteiger partial charge in [0, 0.05) is 34.8 Å². The Balaban J connectivity index is 1.79. The Kier molecular flexibility index (Phi) is 4.40. The van der Waals surface area contributed by atoms with Gasteiger partial charge in [-0.25, -0.2) is 0 Å². The largest absolute Gasteiger partial charge is 0.495 e. The number of hydrogen-bond donors (Lipinski definition) is 1. The number of nitrogens with one attached hydrogen (secondary N) is 1. The average Bonchev–Trinajstić information content (AvgIpc) is 2.94. The third-order valence-corrected chi connectivity index (χ3v) is 4.57. The summed E-state index contributed by atoms with van der Waals surface area (Å²) in [6.07, 6.45) is 0.980. The standard InChI is InChI=1S/C16H15Br2NO2/c1-20-15-8-13(2-3-14(15)18)19-9-11-7-12(17)6-10-4-5-21-16(10)11/h2-3,6-8,19H,4-5,9H2,1H3. The molecule has 5 heteroatoms. The van der Waals surface area contributed by atoms with Crippen LogP contribution in [0.4, 0.5) is 5.69 Å². The lowest BCUT2D eigenvalue weighted by molar-refractivity contribution is 0.354. The van der Waals surface area contributed by atoms with Gasteiger partial charge < -0.3 is 14.8 Å². The molecule has 0 fully saturated rings. The lowest BCUT2D eigenvalue weighted by Gasteiger charge is -2.12. The first-order valence-electron chi connectivity index (χ1n) is 6.69. The highest BCUT2D eigenvalue weighted by atomic mass is 79.9. The molecule has 3 rings (SSSR count). The van der Waals surface area contributed by atoms with E-state index in [9.17, 15) is 0 Å². The molecule has 0 bridgehead atoms. The van der Waals surface area contributed by atoms with E-state index in [4.69, 9.17) is 9.47 Å². The lowest BCUT2D eigenvalue weighted by atomic mass is 10.1. The van der Waals surface area contributed by atoms with Crippen molar-refractivity contribution in [2.45, 2.75) is 13.0 Å². The van der Waals surface area contributed by atoms with Crippen molar-refractivity contribution in [1.29, 1.82) is 0 Å². The minimum absolute atomic E-state index is 0.715. The first-order valence-corrected chi connectivity index (χ1v) is 8.27. The number of ether oxygens (including phenoxy) is 2. The quantitative estimate of drug-likeness (QED) is 0.784. The molecule has 2 aromatic carbocycles. The predicted octanol–water partition coefficient (Wildman–Crippen LogP) is 4.77. The highest BCUT2D eigenvalue weighted by Crippen LogP contribution is 2.34. The number of rotatable bonds is 4. The Morgan fingerprint density at radius 1 is 1.24 bits per heavy atom. The zero-order valence-electron chi connectivity index (χ0n) is 11.6. The van der Waals surface area contributed by atoms with Crippen LogP contribution in [0.3, 0.4) is 0 Å². The minimum atomic E-state index is 0.715. The van der Waals surface area contributed by atoms with Gasteiger partial charge in [-0.15, -0.1) is 0 Å². The van der Waals surface area contributed by atoms with Crippen molar-refractivity contribution in [3.63, 3.8) is 0 Å². The summed E-state index contributed by atoms with van der Waals surface area (Å²) in [5, 5.41) is 3.42. The maximum absolute atomic E-state index is 5.74. The Labute approximate surface area is 140 Å². The summed E-state index contributed by atoms with van der Waals surface area (Å²) < 4.78 is 13.1. The molecule has 0 spiro atoms. The molecule has 21 heavy (non-hydrogen) atoms. The number of anilines is 1. The Bertz CT molecular complexity index is 674. The summed E-state index contributed by atoms with van der Waals surface area (Å²) in [6.45, 7) is 1.48. The molecule has 0 atom stereocenters. The van der Waals surface area contributed by atoms with Crippen molar-refractivity contribution < 1.29 is 9.47 Å². The van der Waals surface area contributed by atoms with Crippen molar-refractivity contribution in [1.82, 2.24) is 0 Å². The van der Waals surface area contributed by atoms with Crippen LogP contribution >= 0.6 is 31.9 Å². The van der Waals surface area contributed by atoms with E-state index in [-0.39, 0.29) is 0 Å². The van der Waals surface area contributed by atoms with E-state index >= 15 is 0 Å². The number of methoxy groups -OCH3 is 1. The van der Waals surface area contributed by atoms with E-state index in [1.807, 2.05) is 18.2 Å². The van der Waals surface area contributed by atoms with Gasteiger partial charge in [-0.05, 0) is 45.8 Å². The van der Waals surface area contributed by atoms with E-state index in [1.54, 1.807) is 7.11 Å². The van der Waals surface area contributed by atoms with Gasteiger partial charge in [0.25, 0.3) is 0 Å². The maximum atomic E-state index is 5.74. The third kappa shape index (κ3) is 3.19. The van der Waals surface area contributed by atoms with Gasteiger partial charge in [0.15, 0.2) is 0 Å². The van der Waals surface area contributed by atoms with Crippen molar-refractivity contribution in [2.75, 3.05) is 19.0 Å². The van der Waals surface area contributed by atoms with Crippen LogP contribution in [0.2, 0.25) is 0 Å².